The number of aliphatic hydroxyl groups is 1. The van der Waals surface area contributed by atoms with E-state index in [1.165, 1.54) is 25.5 Å². The summed E-state index contributed by atoms with van der Waals surface area (Å²) in [5, 5.41) is 19.6. The van der Waals surface area contributed by atoms with Gasteiger partial charge in [-0.2, -0.15) is 5.26 Å². The highest BCUT2D eigenvalue weighted by Gasteiger charge is 2.51. The van der Waals surface area contributed by atoms with Gasteiger partial charge in [0, 0.05) is 42.7 Å². The summed E-state index contributed by atoms with van der Waals surface area (Å²) in [5.41, 5.74) is 2.60. The van der Waals surface area contributed by atoms with Gasteiger partial charge in [-0.15, -0.1) is 11.6 Å². The Hall–Kier alpha value is -3.38. The minimum Gasteiger partial charge on any atom is -0.488 e. The van der Waals surface area contributed by atoms with Gasteiger partial charge in [0.05, 0.1) is 17.2 Å². The summed E-state index contributed by atoms with van der Waals surface area (Å²) in [4.78, 5) is 5.62. The third-order valence-electron chi connectivity index (χ3n) is 8.49. The van der Waals surface area contributed by atoms with Crippen LogP contribution >= 0.6 is 23.2 Å². The fourth-order valence-corrected chi connectivity index (χ4v) is 6.46. The summed E-state index contributed by atoms with van der Waals surface area (Å²) in [6, 6.07) is 17.2. The molecule has 2 heterocycles. The van der Waals surface area contributed by atoms with E-state index in [1.54, 1.807) is 24.4 Å². The summed E-state index contributed by atoms with van der Waals surface area (Å²) in [5.74, 6) is 0.786. The molecule has 2 aliphatic rings. The first kappa shape index (κ1) is 33.0. The Kier molecular flexibility index (Phi) is 11.2. The van der Waals surface area contributed by atoms with E-state index in [4.69, 9.17) is 37.4 Å². The Morgan fingerprint density at radius 3 is 2.60 bits per heavy atom. The zero-order chi connectivity index (χ0) is 31.7. The number of nitrogens with zero attached hydrogens (tertiary/aromatic N) is 3. The van der Waals surface area contributed by atoms with E-state index < -0.39 is 10.5 Å². The fourth-order valence-electron chi connectivity index (χ4n) is 5.88. The summed E-state index contributed by atoms with van der Waals surface area (Å²) >= 11 is 14.2. The molecular weight excluding hydrogens is 609 g/mol. The first-order valence-corrected chi connectivity index (χ1v) is 16.1. The van der Waals surface area contributed by atoms with Crippen molar-refractivity contribution in [2.24, 2.45) is 0 Å². The third-order valence-corrected chi connectivity index (χ3v) is 9.31. The maximum absolute atomic E-state index is 10.0. The Labute approximate surface area is 275 Å². The lowest BCUT2D eigenvalue weighted by Crippen LogP contribution is -2.55. The van der Waals surface area contributed by atoms with Crippen LogP contribution in [-0.2, 0) is 18.0 Å². The van der Waals surface area contributed by atoms with Crippen LogP contribution in [0.4, 0.5) is 0 Å². The Morgan fingerprint density at radius 2 is 1.84 bits per heavy atom. The van der Waals surface area contributed by atoms with Gasteiger partial charge in [0.2, 0.25) is 0 Å². The maximum atomic E-state index is 10.0. The van der Waals surface area contributed by atoms with Gasteiger partial charge in [-0.1, -0.05) is 60.5 Å². The number of piperidine rings is 1. The van der Waals surface area contributed by atoms with Gasteiger partial charge in [0.15, 0.2) is 0 Å². The summed E-state index contributed by atoms with van der Waals surface area (Å²) in [6.45, 7) is 5.68. The number of pyridine rings is 1. The smallest absolute Gasteiger partial charge is 0.143 e. The van der Waals surface area contributed by atoms with Gasteiger partial charge in [-0.05, 0) is 68.6 Å². The number of allylic oxidation sites excluding steroid dienone is 2. The topological polar surface area (TPSA) is 87.8 Å². The molecule has 236 valence electrons. The molecule has 9 heteroatoms. The number of rotatable bonds is 13. The highest BCUT2D eigenvalue weighted by molar-refractivity contribution is 6.32. The Bertz CT molecular complexity index is 1550. The SMILES string of the molecule is CC1(Cl)C(c2ccccc2)=CC=CC1(COc1cc(OCc2cncc(C#N)c2)c(CO)cc1Cl)OCCCN1CCCCC1. The van der Waals surface area contributed by atoms with Crippen LogP contribution in [0, 0.1) is 11.3 Å². The van der Waals surface area contributed by atoms with E-state index >= 15 is 0 Å². The first-order valence-electron chi connectivity index (χ1n) is 15.4. The molecule has 2 atom stereocenters. The monoisotopic (exact) mass is 647 g/mol. The van der Waals surface area contributed by atoms with E-state index in [9.17, 15) is 10.4 Å². The number of alkyl halides is 1. The van der Waals surface area contributed by atoms with Crippen LogP contribution in [-0.4, -0.2) is 58.3 Å². The van der Waals surface area contributed by atoms with Crippen LogP contribution < -0.4 is 9.47 Å². The van der Waals surface area contributed by atoms with Crippen LogP contribution in [0.15, 0.2) is 79.2 Å². The summed E-state index contributed by atoms with van der Waals surface area (Å²) in [7, 11) is 0. The van der Waals surface area contributed by atoms with Gasteiger partial charge in [-0.3, -0.25) is 4.98 Å². The van der Waals surface area contributed by atoms with Crippen LogP contribution in [0.2, 0.25) is 5.02 Å². The van der Waals surface area contributed by atoms with Crippen molar-refractivity contribution in [3.8, 4) is 17.6 Å². The van der Waals surface area contributed by atoms with Crippen LogP contribution in [0.3, 0.4) is 0 Å². The number of nitriles is 1. The second kappa shape index (κ2) is 15.3. The van der Waals surface area contributed by atoms with Gasteiger partial charge >= 0.3 is 0 Å². The second-order valence-electron chi connectivity index (χ2n) is 11.6. The molecule has 45 heavy (non-hydrogen) atoms. The number of hydrogen-bond acceptors (Lipinski definition) is 7. The molecule has 0 radical (unpaired) electrons. The molecule has 1 fully saturated rings. The van der Waals surface area contributed by atoms with Crippen LogP contribution in [0.25, 0.3) is 5.57 Å². The first-order chi connectivity index (χ1) is 21.8. The Balaban J connectivity index is 1.37. The highest BCUT2D eigenvalue weighted by atomic mass is 35.5. The predicted molar refractivity (Wildman–Crippen MR) is 178 cm³/mol. The van der Waals surface area contributed by atoms with Crippen molar-refractivity contribution in [3.63, 3.8) is 0 Å². The van der Waals surface area contributed by atoms with Gasteiger partial charge in [0.25, 0.3) is 0 Å². The zero-order valence-corrected chi connectivity index (χ0v) is 27.1. The lowest BCUT2D eigenvalue weighted by Gasteiger charge is -2.45. The van der Waals surface area contributed by atoms with E-state index in [0.29, 0.717) is 34.3 Å². The Morgan fingerprint density at radius 1 is 1.04 bits per heavy atom. The largest absolute Gasteiger partial charge is 0.488 e. The number of aliphatic hydroxyl groups excluding tert-OH is 1. The molecule has 1 N–H and O–H groups in total. The number of ether oxygens (including phenoxy) is 3. The number of benzene rings is 2. The fraction of sp³-hybridized carbons (Fsp3) is 0.389. The lowest BCUT2D eigenvalue weighted by atomic mass is 9.76. The number of halogens is 2. The average molecular weight is 649 g/mol. The van der Waals surface area contributed by atoms with Crippen molar-refractivity contribution in [1.29, 1.82) is 5.26 Å². The molecule has 0 bridgehead atoms. The summed E-state index contributed by atoms with van der Waals surface area (Å²) in [6.07, 6.45) is 13.8. The van der Waals surface area contributed by atoms with E-state index in [2.05, 4.69) is 16.0 Å². The van der Waals surface area contributed by atoms with Crippen LogP contribution in [0.5, 0.6) is 11.5 Å². The van der Waals surface area contributed by atoms with Crippen molar-refractivity contribution in [2.75, 3.05) is 32.8 Å². The van der Waals surface area contributed by atoms with Gasteiger partial charge in [-0.25, -0.2) is 0 Å². The molecule has 1 saturated heterocycles. The van der Waals surface area contributed by atoms with Crippen LogP contribution in [0.1, 0.15) is 54.9 Å². The second-order valence-corrected chi connectivity index (χ2v) is 12.8. The molecule has 0 amide bonds. The average Bonchev–Trinajstić information content (AvgIpc) is 3.07. The number of aromatic nitrogens is 1. The maximum Gasteiger partial charge on any atom is 0.143 e. The van der Waals surface area contributed by atoms with Gasteiger partial charge in [0.1, 0.15) is 41.3 Å². The molecule has 0 saturated carbocycles. The molecule has 1 aliphatic carbocycles. The third kappa shape index (κ3) is 7.89. The van der Waals surface area contributed by atoms with Crippen molar-refractivity contribution >= 4 is 28.8 Å². The molecule has 1 aromatic heterocycles. The molecular formula is C36H39Cl2N3O4. The van der Waals surface area contributed by atoms with E-state index in [-0.39, 0.29) is 19.8 Å². The van der Waals surface area contributed by atoms with E-state index in [1.807, 2.05) is 55.5 Å². The molecule has 1 aliphatic heterocycles. The summed E-state index contributed by atoms with van der Waals surface area (Å²) < 4.78 is 19.2. The minimum absolute atomic E-state index is 0.0865. The molecule has 0 spiro atoms. The molecule has 2 aromatic carbocycles. The lowest BCUT2D eigenvalue weighted by molar-refractivity contribution is -0.0544. The quantitative estimate of drug-likeness (QED) is 0.153. The van der Waals surface area contributed by atoms with Crippen molar-refractivity contribution in [1.82, 2.24) is 9.88 Å². The van der Waals surface area contributed by atoms with Crippen molar-refractivity contribution < 1.29 is 19.3 Å². The zero-order valence-electron chi connectivity index (χ0n) is 25.6. The molecule has 3 aromatic rings. The standard InChI is InChI=1S/C36H39Cl2N3O4/c1-35(38)31(29-10-4-2-5-11-29)12-8-13-36(35,45-17-9-16-41-14-6-3-7-15-41)26-44-34-20-33(30(24-42)19-32(34)37)43-25-28-18-27(21-39)22-40-23-28/h2,4-5,8,10-13,18-20,22-23,42H,3,6-7,9,14-17,24-26H2,1H3. The normalized spacial score (nSPS) is 21.6. The molecule has 5 rings (SSSR count). The number of likely N-dealkylation sites (tertiary alicyclic amines) is 1. The van der Waals surface area contributed by atoms with Crippen molar-refractivity contribution in [3.05, 3.63) is 106 Å². The predicted octanol–water partition coefficient (Wildman–Crippen LogP) is 7.34. The number of hydrogen-bond donors (Lipinski definition) is 1. The van der Waals surface area contributed by atoms with Gasteiger partial charge < -0.3 is 24.2 Å². The molecule has 2 unspecified atom stereocenters. The highest BCUT2D eigenvalue weighted by Crippen LogP contribution is 2.47. The minimum atomic E-state index is -1.01. The van der Waals surface area contributed by atoms with E-state index in [0.717, 1.165) is 42.8 Å². The molecule has 7 nitrogen and oxygen atoms in total. The van der Waals surface area contributed by atoms with Crippen molar-refractivity contribution in [2.45, 2.75) is 56.3 Å².